The van der Waals surface area contributed by atoms with Gasteiger partial charge in [0.2, 0.25) is 0 Å². The monoisotopic (exact) mass is 346 g/mol. The molecule has 0 amide bonds. The summed E-state index contributed by atoms with van der Waals surface area (Å²) in [7, 11) is 0. The Morgan fingerprint density at radius 1 is 1.32 bits per heavy atom. The van der Waals surface area contributed by atoms with E-state index in [1.807, 2.05) is 0 Å². The molecule has 0 unspecified atom stereocenters. The first-order chi connectivity index (χ1) is 8.78. The van der Waals surface area contributed by atoms with Crippen LogP contribution < -0.4 is 5.32 Å². The lowest BCUT2D eigenvalue weighted by Gasteiger charge is -2.29. The van der Waals surface area contributed by atoms with E-state index in [1.54, 1.807) is 0 Å². The van der Waals surface area contributed by atoms with Gasteiger partial charge in [0.1, 0.15) is 0 Å². The normalized spacial score (nSPS) is 16.4. The van der Waals surface area contributed by atoms with Crippen molar-refractivity contribution in [2.24, 2.45) is 5.92 Å². The predicted octanol–water partition coefficient (Wildman–Crippen LogP) is 3.69. The van der Waals surface area contributed by atoms with Crippen molar-refractivity contribution >= 4 is 28.3 Å². The van der Waals surface area contributed by atoms with E-state index in [0.29, 0.717) is 0 Å². The largest absolute Gasteiger partial charge is 0.317 e. The van der Waals surface area contributed by atoms with Crippen molar-refractivity contribution in [3.8, 4) is 0 Å². The maximum atomic E-state index is 3.55. The number of piperidine rings is 1. The lowest BCUT2D eigenvalue weighted by Crippen LogP contribution is -2.35. The standard InChI is InChI=1S/C15H23BrN2.ClH/c1-2-18(11-13-6-8-17-9-7-13)12-14-4-3-5-15(16)10-14;/h3-5,10,13,17H,2,6-9,11-12H2,1H3;1H. The van der Waals surface area contributed by atoms with Gasteiger partial charge in [0.25, 0.3) is 0 Å². The Balaban J connectivity index is 0.00000180. The average Bonchev–Trinajstić information content (AvgIpc) is 2.39. The van der Waals surface area contributed by atoms with Gasteiger partial charge in [0.15, 0.2) is 0 Å². The summed E-state index contributed by atoms with van der Waals surface area (Å²) >= 11 is 3.55. The molecule has 1 aliphatic rings. The molecule has 108 valence electrons. The molecule has 1 heterocycles. The zero-order valence-corrected chi connectivity index (χ0v) is 14.0. The molecular weight excluding hydrogens is 324 g/mol. The van der Waals surface area contributed by atoms with E-state index in [1.165, 1.54) is 42.5 Å². The summed E-state index contributed by atoms with van der Waals surface area (Å²) in [5.41, 5.74) is 1.40. The summed E-state index contributed by atoms with van der Waals surface area (Å²) in [6.45, 7) is 8.10. The van der Waals surface area contributed by atoms with E-state index in [9.17, 15) is 0 Å². The van der Waals surface area contributed by atoms with Crippen LogP contribution in [-0.4, -0.2) is 31.1 Å². The van der Waals surface area contributed by atoms with Gasteiger partial charge < -0.3 is 5.32 Å². The van der Waals surface area contributed by atoms with Gasteiger partial charge in [-0.25, -0.2) is 0 Å². The molecule has 2 nitrogen and oxygen atoms in total. The molecule has 4 heteroatoms. The zero-order chi connectivity index (χ0) is 12.8. The number of hydrogen-bond donors (Lipinski definition) is 1. The fourth-order valence-electron chi connectivity index (χ4n) is 2.63. The van der Waals surface area contributed by atoms with Crippen LogP contribution in [0.1, 0.15) is 25.3 Å². The molecule has 0 bridgehead atoms. The lowest BCUT2D eigenvalue weighted by atomic mass is 9.97. The van der Waals surface area contributed by atoms with Crippen molar-refractivity contribution in [3.05, 3.63) is 34.3 Å². The van der Waals surface area contributed by atoms with Crippen LogP contribution in [0.25, 0.3) is 0 Å². The van der Waals surface area contributed by atoms with Crippen LogP contribution in [0.2, 0.25) is 0 Å². The van der Waals surface area contributed by atoms with Gasteiger partial charge in [-0.15, -0.1) is 12.4 Å². The third-order valence-electron chi connectivity index (χ3n) is 3.72. The molecule has 0 radical (unpaired) electrons. The summed E-state index contributed by atoms with van der Waals surface area (Å²) in [5.74, 6) is 0.873. The molecule has 0 saturated carbocycles. The van der Waals surface area contributed by atoms with Crippen LogP contribution in [0.5, 0.6) is 0 Å². The number of nitrogens with one attached hydrogen (secondary N) is 1. The van der Waals surface area contributed by atoms with E-state index < -0.39 is 0 Å². The second kappa shape index (κ2) is 8.96. The van der Waals surface area contributed by atoms with Crippen molar-refractivity contribution in [1.82, 2.24) is 10.2 Å². The molecule has 1 N–H and O–H groups in total. The highest BCUT2D eigenvalue weighted by molar-refractivity contribution is 9.10. The maximum Gasteiger partial charge on any atom is 0.0234 e. The minimum Gasteiger partial charge on any atom is -0.317 e. The Labute approximate surface area is 131 Å². The van der Waals surface area contributed by atoms with Crippen LogP contribution in [-0.2, 0) is 6.54 Å². The summed E-state index contributed by atoms with van der Waals surface area (Å²) < 4.78 is 1.18. The van der Waals surface area contributed by atoms with E-state index in [2.05, 4.69) is 57.3 Å². The quantitative estimate of drug-likeness (QED) is 0.874. The molecular formula is C15H24BrClN2. The Morgan fingerprint density at radius 2 is 2.05 bits per heavy atom. The minimum absolute atomic E-state index is 0. The smallest absolute Gasteiger partial charge is 0.0234 e. The van der Waals surface area contributed by atoms with Crippen LogP contribution in [0.3, 0.4) is 0 Å². The Hall–Kier alpha value is -0.0900. The SMILES string of the molecule is CCN(Cc1cccc(Br)c1)CC1CCNCC1.Cl. The van der Waals surface area contributed by atoms with Gasteiger partial charge in [0, 0.05) is 17.6 Å². The van der Waals surface area contributed by atoms with Gasteiger partial charge in [-0.3, -0.25) is 4.90 Å². The van der Waals surface area contributed by atoms with Crippen LogP contribution in [0.4, 0.5) is 0 Å². The van der Waals surface area contributed by atoms with Gasteiger partial charge in [0.05, 0.1) is 0 Å². The fraction of sp³-hybridized carbons (Fsp3) is 0.600. The van der Waals surface area contributed by atoms with Crippen LogP contribution in [0.15, 0.2) is 28.7 Å². The van der Waals surface area contributed by atoms with Crippen molar-refractivity contribution in [1.29, 1.82) is 0 Å². The van der Waals surface area contributed by atoms with E-state index in [0.717, 1.165) is 19.0 Å². The van der Waals surface area contributed by atoms with Gasteiger partial charge in [-0.2, -0.15) is 0 Å². The first-order valence-electron chi connectivity index (χ1n) is 6.95. The molecule has 0 aliphatic carbocycles. The molecule has 0 aromatic heterocycles. The van der Waals surface area contributed by atoms with Gasteiger partial charge in [-0.1, -0.05) is 35.0 Å². The number of nitrogens with zero attached hydrogens (tertiary/aromatic N) is 1. The topological polar surface area (TPSA) is 15.3 Å². The molecule has 1 fully saturated rings. The highest BCUT2D eigenvalue weighted by atomic mass is 79.9. The summed E-state index contributed by atoms with van der Waals surface area (Å²) in [4.78, 5) is 2.57. The zero-order valence-electron chi connectivity index (χ0n) is 11.6. The molecule has 19 heavy (non-hydrogen) atoms. The Bertz CT molecular complexity index is 367. The highest BCUT2D eigenvalue weighted by Gasteiger charge is 2.16. The lowest BCUT2D eigenvalue weighted by molar-refractivity contribution is 0.207. The molecule has 0 atom stereocenters. The van der Waals surface area contributed by atoms with E-state index in [-0.39, 0.29) is 12.4 Å². The first kappa shape index (κ1) is 17.0. The maximum absolute atomic E-state index is 3.55. The molecule has 1 aliphatic heterocycles. The Kier molecular flexibility index (Phi) is 8.00. The summed E-state index contributed by atoms with van der Waals surface area (Å²) in [5, 5.41) is 3.44. The van der Waals surface area contributed by atoms with Crippen LogP contribution >= 0.6 is 28.3 Å². The number of hydrogen-bond acceptors (Lipinski definition) is 2. The average molecular weight is 348 g/mol. The van der Waals surface area contributed by atoms with Crippen molar-refractivity contribution in [3.63, 3.8) is 0 Å². The van der Waals surface area contributed by atoms with Crippen molar-refractivity contribution < 1.29 is 0 Å². The number of halogens is 2. The van der Waals surface area contributed by atoms with Gasteiger partial charge in [-0.05, 0) is 56.1 Å². The van der Waals surface area contributed by atoms with Crippen LogP contribution in [0, 0.1) is 5.92 Å². The minimum atomic E-state index is 0. The molecule has 1 aromatic carbocycles. The van der Waals surface area contributed by atoms with E-state index >= 15 is 0 Å². The second-order valence-corrected chi connectivity index (χ2v) is 6.07. The second-order valence-electron chi connectivity index (χ2n) is 5.15. The van der Waals surface area contributed by atoms with Crippen molar-refractivity contribution in [2.75, 3.05) is 26.2 Å². The molecule has 2 rings (SSSR count). The van der Waals surface area contributed by atoms with Crippen molar-refractivity contribution in [2.45, 2.75) is 26.3 Å². The highest BCUT2D eigenvalue weighted by Crippen LogP contribution is 2.17. The number of benzene rings is 1. The molecule has 1 aromatic rings. The third-order valence-corrected chi connectivity index (χ3v) is 4.21. The molecule has 0 spiro atoms. The first-order valence-corrected chi connectivity index (χ1v) is 7.74. The Morgan fingerprint density at radius 3 is 2.68 bits per heavy atom. The number of rotatable bonds is 5. The fourth-order valence-corrected chi connectivity index (χ4v) is 3.08. The third kappa shape index (κ3) is 5.82. The summed E-state index contributed by atoms with van der Waals surface area (Å²) in [6, 6.07) is 8.66. The summed E-state index contributed by atoms with van der Waals surface area (Å²) in [6.07, 6.45) is 2.66. The predicted molar refractivity (Wildman–Crippen MR) is 87.9 cm³/mol. The van der Waals surface area contributed by atoms with E-state index in [4.69, 9.17) is 0 Å². The molecule has 1 saturated heterocycles. The van der Waals surface area contributed by atoms with Gasteiger partial charge >= 0.3 is 0 Å².